The van der Waals surface area contributed by atoms with Crippen molar-refractivity contribution < 1.29 is 22.7 Å². The molecule has 0 aromatic heterocycles. The summed E-state index contributed by atoms with van der Waals surface area (Å²) in [6, 6.07) is 18.5. The van der Waals surface area contributed by atoms with Gasteiger partial charge in [-0.05, 0) is 73.9 Å². The molecule has 0 spiro atoms. The van der Waals surface area contributed by atoms with Gasteiger partial charge in [-0.1, -0.05) is 61.3 Å². The molecule has 0 aliphatic heterocycles. The lowest BCUT2D eigenvalue weighted by Crippen LogP contribution is -2.52. The van der Waals surface area contributed by atoms with Crippen LogP contribution in [0.3, 0.4) is 0 Å². The highest BCUT2D eigenvalue weighted by Crippen LogP contribution is 2.33. The van der Waals surface area contributed by atoms with Gasteiger partial charge in [-0.25, -0.2) is 8.42 Å². The molecule has 1 N–H and O–H groups in total. The molecule has 0 bridgehead atoms. The summed E-state index contributed by atoms with van der Waals surface area (Å²) in [6.07, 6.45) is 1.06. The molecule has 41 heavy (non-hydrogen) atoms. The molecule has 0 fully saturated rings. The summed E-state index contributed by atoms with van der Waals surface area (Å²) in [4.78, 5) is 28.7. The fraction of sp³-hybridized carbons (Fsp3) is 0.333. The van der Waals surface area contributed by atoms with Gasteiger partial charge in [-0.15, -0.1) is 0 Å². The molecule has 0 unspecified atom stereocenters. The van der Waals surface area contributed by atoms with Gasteiger partial charge in [0, 0.05) is 23.1 Å². The number of rotatable bonds is 14. The van der Waals surface area contributed by atoms with Crippen molar-refractivity contribution in [1.82, 2.24) is 10.2 Å². The number of halogens is 2. The number of anilines is 1. The molecule has 0 saturated carbocycles. The number of hydrogen-bond donors (Lipinski definition) is 1. The summed E-state index contributed by atoms with van der Waals surface area (Å²) in [5, 5.41) is 3.78. The number of sulfonamides is 1. The molecule has 3 aromatic carbocycles. The standard InChI is InChI=1S/C30H35Cl2N3O5S/c1-4-19-33-30(37)26(5-2)34(20-22-11-13-23(31)14-12-22)29(36)21-35(27-9-7-8-10-28(27)40-6-3)41(38,39)25-17-15-24(32)16-18-25/h7-18,26H,4-6,19-21H2,1-3H3,(H,33,37)/t26-/m0/s1. The van der Waals surface area contributed by atoms with Crippen LogP contribution in [-0.2, 0) is 26.2 Å². The summed E-state index contributed by atoms with van der Waals surface area (Å²) in [5.74, 6) is -0.557. The summed E-state index contributed by atoms with van der Waals surface area (Å²) >= 11 is 12.1. The molecule has 11 heteroatoms. The average molecular weight is 621 g/mol. The largest absolute Gasteiger partial charge is 0.492 e. The SMILES string of the molecule is CCCNC(=O)[C@H](CC)N(Cc1ccc(Cl)cc1)C(=O)CN(c1ccccc1OCC)S(=O)(=O)c1ccc(Cl)cc1. The Bertz CT molecular complexity index is 1420. The van der Waals surface area contributed by atoms with E-state index in [0.717, 1.165) is 16.3 Å². The van der Waals surface area contributed by atoms with E-state index < -0.39 is 28.5 Å². The molecule has 0 aliphatic rings. The van der Waals surface area contributed by atoms with Gasteiger partial charge in [-0.3, -0.25) is 13.9 Å². The van der Waals surface area contributed by atoms with E-state index in [2.05, 4.69) is 5.32 Å². The van der Waals surface area contributed by atoms with Crippen molar-refractivity contribution in [3.63, 3.8) is 0 Å². The summed E-state index contributed by atoms with van der Waals surface area (Å²) in [7, 11) is -4.26. The normalized spacial score (nSPS) is 11.9. The molecule has 0 heterocycles. The van der Waals surface area contributed by atoms with Crippen LogP contribution in [0.1, 0.15) is 39.2 Å². The first-order chi connectivity index (χ1) is 19.6. The molecule has 3 aromatic rings. The van der Waals surface area contributed by atoms with E-state index in [0.29, 0.717) is 28.8 Å². The van der Waals surface area contributed by atoms with Gasteiger partial charge >= 0.3 is 0 Å². The van der Waals surface area contributed by atoms with E-state index in [4.69, 9.17) is 27.9 Å². The lowest BCUT2D eigenvalue weighted by molar-refractivity contribution is -0.140. The Labute approximate surface area is 252 Å². The maximum atomic E-state index is 14.1. The number of nitrogens with zero attached hydrogens (tertiary/aromatic N) is 2. The van der Waals surface area contributed by atoms with Crippen LogP contribution in [0.2, 0.25) is 10.0 Å². The summed E-state index contributed by atoms with van der Waals surface area (Å²) in [5.41, 5.74) is 0.943. The lowest BCUT2D eigenvalue weighted by atomic mass is 10.1. The van der Waals surface area contributed by atoms with Crippen LogP contribution in [0.15, 0.2) is 77.7 Å². The molecule has 0 radical (unpaired) electrons. The predicted molar refractivity (Wildman–Crippen MR) is 163 cm³/mol. The zero-order valence-electron chi connectivity index (χ0n) is 23.3. The first-order valence-corrected chi connectivity index (χ1v) is 15.6. The number of carbonyl (C=O) groups excluding carboxylic acids is 2. The zero-order valence-corrected chi connectivity index (χ0v) is 25.7. The van der Waals surface area contributed by atoms with Crippen molar-refractivity contribution >= 4 is 50.7 Å². The van der Waals surface area contributed by atoms with Crippen LogP contribution >= 0.6 is 23.2 Å². The fourth-order valence-electron chi connectivity index (χ4n) is 4.26. The van der Waals surface area contributed by atoms with Crippen molar-refractivity contribution in [2.75, 3.05) is 24.0 Å². The summed E-state index contributed by atoms with van der Waals surface area (Å²) < 4.78 is 34.8. The van der Waals surface area contributed by atoms with Crippen LogP contribution in [0.5, 0.6) is 5.75 Å². The minimum absolute atomic E-state index is 0.0435. The Morgan fingerprint density at radius 1 is 0.902 bits per heavy atom. The molecule has 0 saturated heterocycles. The van der Waals surface area contributed by atoms with Gasteiger partial charge in [-0.2, -0.15) is 0 Å². The average Bonchev–Trinajstić information content (AvgIpc) is 2.96. The van der Waals surface area contributed by atoms with Gasteiger partial charge in [0.05, 0.1) is 17.2 Å². The number of nitrogens with one attached hydrogen (secondary N) is 1. The highest BCUT2D eigenvalue weighted by molar-refractivity contribution is 7.92. The first-order valence-electron chi connectivity index (χ1n) is 13.4. The number of carbonyl (C=O) groups is 2. The summed E-state index contributed by atoms with van der Waals surface area (Å²) in [6.45, 7) is 5.79. The number of para-hydroxylation sites is 2. The molecular formula is C30H35Cl2N3O5S. The molecule has 1 atom stereocenters. The minimum atomic E-state index is -4.26. The van der Waals surface area contributed by atoms with E-state index in [1.54, 1.807) is 55.5 Å². The van der Waals surface area contributed by atoms with Crippen molar-refractivity contribution in [1.29, 1.82) is 0 Å². The van der Waals surface area contributed by atoms with Crippen LogP contribution < -0.4 is 14.4 Å². The predicted octanol–water partition coefficient (Wildman–Crippen LogP) is 5.92. The zero-order chi connectivity index (χ0) is 30.0. The Morgan fingerprint density at radius 3 is 2.10 bits per heavy atom. The monoisotopic (exact) mass is 619 g/mol. The van der Waals surface area contributed by atoms with Crippen molar-refractivity contribution in [2.24, 2.45) is 0 Å². The van der Waals surface area contributed by atoms with Gasteiger partial charge in [0.2, 0.25) is 11.8 Å². The second-order valence-corrected chi connectivity index (χ2v) is 12.0. The Balaban J connectivity index is 2.09. The second-order valence-electron chi connectivity index (χ2n) is 9.23. The molecule has 220 valence electrons. The molecular weight excluding hydrogens is 585 g/mol. The van der Waals surface area contributed by atoms with Gasteiger partial charge in [0.1, 0.15) is 18.3 Å². The van der Waals surface area contributed by atoms with Gasteiger partial charge in [0.25, 0.3) is 10.0 Å². The Hall–Kier alpha value is -3.27. The number of benzene rings is 3. The molecule has 3 rings (SSSR count). The van der Waals surface area contributed by atoms with E-state index >= 15 is 0 Å². The topological polar surface area (TPSA) is 96.0 Å². The third-order valence-electron chi connectivity index (χ3n) is 6.32. The maximum Gasteiger partial charge on any atom is 0.264 e. The second kappa shape index (κ2) is 15.1. The number of ether oxygens (including phenoxy) is 1. The lowest BCUT2D eigenvalue weighted by Gasteiger charge is -2.33. The third-order valence-corrected chi connectivity index (χ3v) is 8.59. The highest BCUT2D eigenvalue weighted by atomic mass is 35.5. The smallest absolute Gasteiger partial charge is 0.264 e. The van der Waals surface area contributed by atoms with Crippen molar-refractivity contribution in [3.05, 3.63) is 88.4 Å². The maximum absolute atomic E-state index is 14.1. The van der Waals surface area contributed by atoms with E-state index in [-0.39, 0.29) is 29.6 Å². The fourth-order valence-corrected chi connectivity index (χ4v) is 5.94. The number of amides is 2. The van der Waals surface area contributed by atoms with E-state index in [1.807, 2.05) is 13.8 Å². The third kappa shape index (κ3) is 8.38. The Morgan fingerprint density at radius 2 is 1.51 bits per heavy atom. The van der Waals surface area contributed by atoms with Gasteiger partial charge < -0.3 is 15.0 Å². The Kier molecular flexibility index (Phi) is 11.9. The minimum Gasteiger partial charge on any atom is -0.492 e. The molecule has 2 amide bonds. The van der Waals surface area contributed by atoms with E-state index in [9.17, 15) is 18.0 Å². The van der Waals surface area contributed by atoms with Crippen LogP contribution in [0, 0.1) is 0 Å². The number of hydrogen-bond acceptors (Lipinski definition) is 5. The molecule has 8 nitrogen and oxygen atoms in total. The van der Waals surface area contributed by atoms with Gasteiger partial charge in [0.15, 0.2) is 0 Å². The van der Waals surface area contributed by atoms with Crippen molar-refractivity contribution in [3.8, 4) is 5.75 Å². The van der Waals surface area contributed by atoms with Crippen molar-refractivity contribution in [2.45, 2.75) is 51.1 Å². The van der Waals surface area contributed by atoms with Crippen LogP contribution in [0.25, 0.3) is 0 Å². The highest BCUT2D eigenvalue weighted by Gasteiger charge is 2.34. The quantitative estimate of drug-likeness (QED) is 0.242. The van der Waals surface area contributed by atoms with E-state index in [1.165, 1.54) is 29.2 Å². The first kappa shape index (κ1) is 32.2. The van der Waals surface area contributed by atoms with Crippen LogP contribution in [0.4, 0.5) is 5.69 Å². The van der Waals surface area contributed by atoms with Crippen LogP contribution in [-0.4, -0.2) is 50.9 Å². The molecule has 0 aliphatic carbocycles.